The van der Waals surface area contributed by atoms with E-state index < -0.39 is 0 Å². The van der Waals surface area contributed by atoms with E-state index in [9.17, 15) is 0 Å². The Labute approximate surface area is 331 Å². The van der Waals surface area contributed by atoms with Gasteiger partial charge in [0.05, 0.1) is 28.1 Å². The summed E-state index contributed by atoms with van der Waals surface area (Å²) in [5.41, 5.74) is 18.9. The molecular formula is C54H38N2O. The normalized spacial score (nSPS) is 15.3. The Morgan fingerprint density at radius 1 is 0.544 bits per heavy atom. The summed E-state index contributed by atoms with van der Waals surface area (Å²) >= 11 is 0. The van der Waals surface area contributed by atoms with Crippen LogP contribution in [0, 0.1) is 0 Å². The van der Waals surface area contributed by atoms with Crippen molar-refractivity contribution in [3.05, 3.63) is 204 Å². The molecule has 0 saturated heterocycles. The summed E-state index contributed by atoms with van der Waals surface area (Å²) < 4.78 is 9.33. The van der Waals surface area contributed by atoms with E-state index in [1.165, 1.54) is 66.3 Å². The molecule has 2 aromatic heterocycles. The Hall–Kier alpha value is -6.97. The molecule has 0 saturated carbocycles. The van der Waals surface area contributed by atoms with Crippen LogP contribution >= 0.6 is 0 Å². The number of hydrogen-bond acceptors (Lipinski definition) is 2. The second-order valence-corrected chi connectivity index (χ2v) is 16.3. The number of furan rings is 1. The molecular weight excluding hydrogens is 693 g/mol. The first-order valence-electron chi connectivity index (χ1n) is 20.0. The molecule has 270 valence electrons. The van der Waals surface area contributed by atoms with Crippen LogP contribution in [0.4, 0.5) is 5.69 Å². The molecule has 3 heterocycles. The van der Waals surface area contributed by atoms with Crippen LogP contribution in [-0.4, -0.2) is 10.3 Å². The molecule has 1 unspecified atom stereocenters. The Morgan fingerprint density at radius 3 is 2.19 bits per heavy atom. The zero-order valence-electron chi connectivity index (χ0n) is 31.8. The standard InChI is InChI=1S/C54H38N2O/c1-54(2)45-19-9-6-15-37(45)42-32-50-43(31-46(42)54)39-17-8-11-21-48(39)56(50)49-22-12-18-41-40-28-27-36(30-51(40)57-53(41)49)34-25-23-33(24-26-34)29-44-38-16-7-10-20-47(38)55-52(44)35-13-4-3-5-14-35/h3-28,30-32,44H,29H2,1-2H3. The van der Waals surface area contributed by atoms with Gasteiger partial charge in [-0.15, -0.1) is 0 Å². The Balaban J connectivity index is 0.934. The first-order chi connectivity index (χ1) is 28.0. The smallest absolute Gasteiger partial charge is 0.159 e. The number of rotatable bonds is 5. The summed E-state index contributed by atoms with van der Waals surface area (Å²) in [7, 11) is 0. The van der Waals surface area contributed by atoms with Gasteiger partial charge in [0.1, 0.15) is 5.58 Å². The van der Waals surface area contributed by atoms with Crippen molar-refractivity contribution in [3.63, 3.8) is 0 Å². The van der Waals surface area contributed by atoms with E-state index in [0.29, 0.717) is 0 Å². The maximum atomic E-state index is 6.91. The van der Waals surface area contributed by atoms with E-state index in [2.05, 4.69) is 194 Å². The van der Waals surface area contributed by atoms with E-state index in [1.54, 1.807) is 0 Å². The first kappa shape index (κ1) is 32.3. The SMILES string of the molecule is CC1(C)c2ccccc2-c2cc3c(cc21)c1ccccc1n3-c1cccc2c1oc1cc(-c3ccc(CC4C(c5ccccc5)=Nc5ccccc54)cc3)ccc12. The highest BCUT2D eigenvalue weighted by molar-refractivity contribution is 6.14. The summed E-state index contributed by atoms with van der Waals surface area (Å²) in [6.45, 7) is 4.71. The second kappa shape index (κ2) is 12.0. The molecule has 1 aliphatic carbocycles. The average Bonchev–Trinajstić information content (AvgIpc) is 3.97. The third-order valence-electron chi connectivity index (χ3n) is 12.8. The molecule has 3 heteroatoms. The summed E-state index contributed by atoms with van der Waals surface area (Å²) in [6, 6.07) is 64.0. The summed E-state index contributed by atoms with van der Waals surface area (Å²) in [5.74, 6) is 0.216. The largest absolute Gasteiger partial charge is 0.454 e. The van der Waals surface area contributed by atoms with Crippen LogP contribution in [0.1, 0.15) is 47.6 Å². The van der Waals surface area contributed by atoms with Crippen LogP contribution in [0.3, 0.4) is 0 Å². The van der Waals surface area contributed by atoms with Crippen LogP contribution < -0.4 is 0 Å². The van der Waals surface area contributed by atoms with E-state index >= 15 is 0 Å². The fraction of sp³-hybridized carbons (Fsp3) is 0.0926. The number of aromatic nitrogens is 1. The highest BCUT2D eigenvalue weighted by atomic mass is 16.3. The van der Waals surface area contributed by atoms with Gasteiger partial charge in [0.15, 0.2) is 5.58 Å². The van der Waals surface area contributed by atoms with Gasteiger partial charge in [-0.05, 0) is 99.0 Å². The maximum absolute atomic E-state index is 6.91. The van der Waals surface area contributed by atoms with Crippen LogP contribution in [0.15, 0.2) is 185 Å². The van der Waals surface area contributed by atoms with Gasteiger partial charge < -0.3 is 8.98 Å². The van der Waals surface area contributed by atoms with Crippen molar-refractivity contribution in [2.24, 2.45) is 4.99 Å². The number of fused-ring (bicyclic) bond motifs is 10. The number of aliphatic imine (C=N–C) groups is 1. The summed E-state index contributed by atoms with van der Waals surface area (Å²) in [5, 5.41) is 4.76. The Bertz CT molecular complexity index is 3290. The molecule has 3 nitrogen and oxygen atoms in total. The predicted octanol–water partition coefficient (Wildman–Crippen LogP) is 14.1. The van der Waals surface area contributed by atoms with Crippen molar-refractivity contribution in [1.82, 2.24) is 4.57 Å². The quantitative estimate of drug-likeness (QED) is 0.173. The number of nitrogens with zero attached hydrogens (tertiary/aromatic N) is 2. The van der Waals surface area contributed by atoms with E-state index in [4.69, 9.17) is 9.41 Å². The molecule has 10 aromatic rings. The monoisotopic (exact) mass is 730 g/mol. The molecule has 12 rings (SSSR count). The lowest BCUT2D eigenvalue weighted by Crippen LogP contribution is -2.14. The number of benzene rings is 8. The molecule has 1 aliphatic heterocycles. The minimum atomic E-state index is -0.0665. The summed E-state index contributed by atoms with van der Waals surface area (Å²) in [4.78, 5) is 5.10. The predicted molar refractivity (Wildman–Crippen MR) is 237 cm³/mol. The van der Waals surface area contributed by atoms with Crippen molar-refractivity contribution in [1.29, 1.82) is 0 Å². The van der Waals surface area contributed by atoms with Gasteiger partial charge in [-0.1, -0.05) is 147 Å². The Kier molecular flexibility index (Phi) is 6.81. The van der Waals surface area contributed by atoms with Crippen molar-refractivity contribution in [2.75, 3.05) is 0 Å². The lowest BCUT2D eigenvalue weighted by Gasteiger charge is -2.21. The van der Waals surface area contributed by atoms with Crippen LogP contribution in [0.25, 0.3) is 71.7 Å². The molecule has 0 fully saturated rings. The van der Waals surface area contributed by atoms with Crippen molar-refractivity contribution in [2.45, 2.75) is 31.6 Å². The third-order valence-corrected chi connectivity index (χ3v) is 12.8. The Morgan fingerprint density at radius 2 is 1.30 bits per heavy atom. The molecule has 57 heavy (non-hydrogen) atoms. The number of para-hydroxylation sites is 3. The van der Waals surface area contributed by atoms with Crippen LogP contribution in [0.2, 0.25) is 0 Å². The zero-order chi connectivity index (χ0) is 37.8. The second-order valence-electron chi connectivity index (χ2n) is 16.3. The lowest BCUT2D eigenvalue weighted by atomic mass is 9.82. The topological polar surface area (TPSA) is 30.4 Å². The van der Waals surface area contributed by atoms with Crippen molar-refractivity contribution < 1.29 is 4.42 Å². The average molecular weight is 731 g/mol. The molecule has 2 aliphatic rings. The molecule has 8 aromatic carbocycles. The van der Waals surface area contributed by atoms with Gasteiger partial charge in [0.2, 0.25) is 0 Å². The zero-order valence-corrected chi connectivity index (χ0v) is 31.8. The van der Waals surface area contributed by atoms with E-state index in [0.717, 1.165) is 51.0 Å². The fourth-order valence-electron chi connectivity index (χ4n) is 9.95. The van der Waals surface area contributed by atoms with Gasteiger partial charge in [0.25, 0.3) is 0 Å². The lowest BCUT2D eigenvalue weighted by molar-refractivity contribution is 0.661. The maximum Gasteiger partial charge on any atom is 0.159 e. The fourth-order valence-corrected chi connectivity index (χ4v) is 9.95. The molecule has 0 bridgehead atoms. The van der Waals surface area contributed by atoms with E-state index in [1.807, 2.05) is 0 Å². The van der Waals surface area contributed by atoms with Crippen LogP contribution in [0.5, 0.6) is 0 Å². The molecule has 0 amide bonds. The number of hydrogen-bond donors (Lipinski definition) is 0. The van der Waals surface area contributed by atoms with E-state index in [-0.39, 0.29) is 11.3 Å². The van der Waals surface area contributed by atoms with Gasteiger partial charge in [-0.2, -0.15) is 0 Å². The summed E-state index contributed by atoms with van der Waals surface area (Å²) in [6.07, 6.45) is 0.895. The van der Waals surface area contributed by atoms with Gasteiger partial charge in [-0.25, -0.2) is 0 Å². The minimum absolute atomic E-state index is 0.0665. The molecule has 0 N–H and O–H groups in total. The minimum Gasteiger partial charge on any atom is -0.454 e. The van der Waals surface area contributed by atoms with Gasteiger partial charge >= 0.3 is 0 Å². The molecule has 1 atom stereocenters. The van der Waals surface area contributed by atoms with Crippen molar-refractivity contribution in [3.8, 4) is 27.9 Å². The molecule has 0 spiro atoms. The highest BCUT2D eigenvalue weighted by Crippen LogP contribution is 2.51. The van der Waals surface area contributed by atoms with Crippen molar-refractivity contribution >= 4 is 55.1 Å². The van der Waals surface area contributed by atoms with Crippen LogP contribution in [-0.2, 0) is 11.8 Å². The highest BCUT2D eigenvalue weighted by Gasteiger charge is 2.36. The molecule has 0 radical (unpaired) electrons. The first-order valence-corrected chi connectivity index (χ1v) is 20.0. The van der Waals surface area contributed by atoms with Gasteiger partial charge in [0, 0.05) is 32.9 Å². The van der Waals surface area contributed by atoms with Gasteiger partial charge in [-0.3, -0.25) is 4.99 Å². The third kappa shape index (κ3) is 4.75.